The van der Waals surface area contributed by atoms with Crippen LogP contribution in [0.5, 0.6) is 0 Å². The van der Waals surface area contributed by atoms with Gasteiger partial charge in [0.25, 0.3) is 0 Å². The van der Waals surface area contributed by atoms with Crippen LogP contribution >= 0.6 is 24.8 Å². The van der Waals surface area contributed by atoms with E-state index in [-0.39, 0.29) is 36.8 Å². The van der Waals surface area contributed by atoms with E-state index in [0.29, 0.717) is 0 Å². The number of nitrogens with zero attached hydrogens (tertiary/aromatic N) is 1. The lowest BCUT2D eigenvalue weighted by atomic mass is 10.1. The maximum Gasteiger partial charge on any atom is 0.237 e. The number of amides is 1. The lowest BCUT2D eigenvalue weighted by molar-refractivity contribution is -0.122. The molecule has 0 spiro atoms. The van der Waals surface area contributed by atoms with Gasteiger partial charge in [0.1, 0.15) is 0 Å². The van der Waals surface area contributed by atoms with Crippen LogP contribution in [0.25, 0.3) is 0 Å². The lowest BCUT2D eigenvalue weighted by Crippen LogP contribution is -2.43. The molecule has 0 saturated carbocycles. The van der Waals surface area contributed by atoms with Gasteiger partial charge in [-0.25, -0.2) is 0 Å². The van der Waals surface area contributed by atoms with Gasteiger partial charge in [-0.3, -0.25) is 4.79 Å². The minimum Gasteiger partial charge on any atom is -0.347 e. The Kier molecular flexibility index (Phi) is 10.8. The van der Waals surface area contributed by atoms with Gasteiger partial charge in [-0.2, -0.15) is 0 Å². The predicted octanol–water partition coefficient (Wildman–Crippen LogP) is 1.60. The van der Waals surface area contributed by atoms with E-state index in [2.05, 4.69) is 5.32 Å². The summed E-state index contributed by atoms with van der Waals surface area (Å²) in [6, 6.07) is 9.41. The Bertz CT molecular complexity index is 358. The minimum atomic E-state index is -0.483. The zero-order chi connectivity index (χ0) is 12.8. The normalized spacial score (nSPS) is 12.9. The van der Waals surface area contributed by atoms with E-state index in [1.54, 1.807) is 6.92 Å². The van der Waals surface area contributed by atoms with Crippen LogP contribution in [0.1, 0.15) is 18.5 Å². The van der Waals surface area contributed by atoms with Crippen LogP contribution in [-0.4, -0.2) is 37.5 Å². The molecule has 0 aliphatic heterocycles. The minimum absolute atomic E-state index is 0. The van der Waals surface area contributed by atoms with E-state index in [9.17, 15) is 4.79 Å². The average Bonchev–Trinajstić information content (AvgIpc) is 2.28. The number of hydrogen-bond donors (Lipinski definition) is 2. The number of carbonyl (C=O) groups is 1. The van der Waals surface area contributed by atoms with Crippen LogP contribution in [0.4, 0.5) is 0 Å². The number of hydrogen-bond acceptors (Lipinski definition) is 3. The van der Waals surface area contributed by atoms with E-state index in [1.165, 1.54) is 0 Å². The third kappa shape index (κ3) is 7.38. The zero-order valence-electron chi connectivity index (χ0n) is 11.5. The van der Waals surface area contributed by atoms with Gasteiger partial charge in [-0.15, -0.1) is 24.8 Å². The molecular weight excluding hydrogens is 285 g/mol. The Morgan fingerprint density at radius 1 is 1.26 bits per heavy atom. The first-order chi connectivity index (χ1) is 8.00. The summed E-state index contributed by atoms with van der Waals surface area (Å²) in [6.45, 7) is 2.44. The molecule has 110 valence electrons. The highest BCUT2D eigenvalue weighted by Crippen LogP contribution is 2.13. The Hall–Kier alpha value is -0.810. The van der Waals surface area contributed by atoms with Gasteiger partial charge in [0.15, 0.2) is 0 Å². The molecule has 0 heterocycles. The molecule has 19 heavy (non-hydrogen) atoms. The van der Waals surface area contributed by atoms with Crippen molar-refractivity contribution in [1.29, 1.82) is 0 Å². The van der Waals surface area contributed by atoms with E-state index in [4.69, 9.17) is 5.73 Å². The third-order valence-corrected chi connectivity index (χ3v) is 2.48. The van der Waals surface area contributed by atoms with Gasteiger partial charge < -0.3 is 16.0 Å². The van der Waals surface area contributed by atoms with Crippen LogP contribution in [0.15, 0.2) is 30.3 Å². The van der Waals surface area contributed by atoms with Crippen molar-refractivity contribution in [3.05, 3.63) is 35.9 Å². The van der Waals surface area contributed by atoms with Crippen molar-refractivity contribution in [2.24, 2.45) is 5.73 Å². The van der Waals surface area contributed by atoms with Crippen molar-refractivity contribution < 1.29 is 4.79 Å². The number of likely N-dealkylation sites (N-methyl/N-ethyl adjacent to an activating group) is 1. The molecule has 1 aromatic rings. The molecular formula is C13H23Cl2N3O. The maximum atomic E-state index is 11.7. The summed E-state index contributed by atoms with van der Waals surface area (Å²) in [5.74, 6) is -0.124. The molecule has 0 aliphatic rings. The topological polar surface area (TPSA) is 58.4 Å². The van der Waals surface area contributed by atoms with Crippen LogP contribution in [-0.2, 0) is 4.79 Å². The van der Waals surface area contributed by atoms with E-state index in [1.807, 2.05) is 49.3 Å². The van der Waals surface area contributed by atoms with Gasteiger partial charge in [-0.1, -0.05) is 30.3 Å². The van der Waals surface area contributed by atoms with E-state index >= 15 is 0 Å². The third-order valence-electron chi connectivity index (χ3n) is 2.48. The zero-order valence-corrected chi connectivity index (χ0v) is 13.1. The summed E-state index contributed by atoms with van der Waals surface area (Å²) >= 11 is 0. The lowest BCUT2D eigenvalue weighted by Gasteiger charge is -2.23. The van der Waals surface area contributed by atoms with Crippen molar-refractivity contribution in [1.82, 2.24) is 10.2 Å². The Balaban J connectivity index is 0. The molecule has 3 N–H and O–H groups in total. The number of nitrogens with two attached hydrogens (primary N) is 1. The Morgan fingerprint density at radius 2 is 1.79 bits per heavy atom. The molecule has 0 aromatic heterocycles. The Labute approximate surface area is 127 Å². The average molecular weight is 308 g/mol. The first-order valence-corrected chi connectivity index (χ1v) is 5.76. The largest absolute Gasteiger partial charge is 0.347 e. The fraction of sp³-hybridized carbons (Fsp3) is 0.462. The standard InChI is InChI=1S/C13H21N3O.2ClH/c1-10(14)13(17)15-12(9-16(2)3)11-7-5-4-6-8-11;;/h4-8,10,12H,9,14H2,1-3H3,(H,15,17);2*1H/t10-,12?;;/m0../s1. The highest BCUT2D eigenvalue weighted by Gasteiger charge is 2.17. The number of nitrogens with one attached hydrogen (secondary N) is 1. The molecule has 0 bridgehead atoms. The van der Waals surface area contributed by atoms with Crippen molar-refractivity contribution in [2.45, 2.75) is 19.0 Å². The molecule has 0 radical (unpaired) electrons. The molecule has 1 amide bonds. The fourth-order valence-electron chi connectivity index (χ4n) is 1.59. The summed E-state index contributed by atoms with van der Waals surface area (Å²) in [5, 5.41) is 2.96. The molecule has 1 aromatic carbocycles. The van der Waals surface area contributed by atoms with Crippen molar-refractivity contribution in [3.63, 3.8) is 0 Å². The molecule has 6 heteroatoms. The molecule has 0 fully saturated rings. The maximum absolute atomic E-state index is 11.7. The summed E-state index contributed by atoms with van der Waals surface area (Å²) in [7, 11) is 3.96. The molecule has 4 nitrogen and oxygen atoms in total. The van der Waals surface area contributed by atoms with Gasteiger partial charge in [-0.05, 0) is 26.6 Å². The summed E-state index contributed by atoms with van der Waals surface area (Å²) in [6.07, 6.45) is 0. The van der Waals surface area contributed by atoms with Crippen molar-refractivity contribution >= 4 is 30.7 Å². The van der Waals surface area contributed by atoms with E-state index < -0.39 is 6.04 Å². The molecule has 1 unspecified atom stereocenters. The number of carbonyl (C=O) groups excluding carboxylic acids is 1. The summed E-state index contributed by atoms with van der Waals surface area (Å²) < 4.78 is 0. The molecule has 1 rings (SSSR count). The highest BCUT2D eigenvalue weighted by molar-refractivity contribution is 5.85. The Morgan fingerprint density at radius 3 is 2.21 bits per heavy atom. The summed E-state index contributed by atoms with van der Waals surface area (Å²) in [4.78, 5) is 13.7. The van der Waals surface area contributed by atoms with Crippen LogP contribution in [0.3, 0.4) is 0 Å². The van der Waals surface area contributed by atoms with Gasteiger partial charge in [0, 0.05) is 6.54 Å². The monoisotopic (exact) mass is 307 g/mol. The number of benzene rings is 1. The van der Waals surface area contributed by atoms with Gasteiger partial charge >= 0.3 is 0 Å². The van der Waals surface area contributed by atoms with Crippen molar-refractivity contribution in [2.75, 3.05) is 20.6 Å². The van der Waals surface area contributed by atoms with Crippen molar-refractivity contribution in [3.8, 4) is 0 Å². The second-order valence-electron chi connectivity index (χ2n) is 4.52. The van der Waals surface area contributed by atoms with E-state index in [0.717, 1.165) is 12.1 Å². The quantitative estimate of drug-likeness (QED) is 0.868. The summed E-state index contributed by atoms with van der Waals surface area (Å²) in [5.41, 5.74) is 6.66. The van der Waals surface area contributed by atoms with Crippen LogP contribution in [0.2, 0.25) is 0 Å². The predicted molar refractivity (Wildman–Crippen MR) is 84.0 cm³/mol. The van der Waals surface area contributed by atoms with Crippen LogP contribution in [0, 0.1) is 0 Å². The highest BCUT2D eigenvalue weighted by atomic mass is 35.5. The second-order valence-corrected chi connectivity index (χ2v) is 4.52. The van der Waals surface area contributed by atoms with Crippen LogP contribution < -0.4 is 11.1 Å². The fourth-order valence-corrected chi connectivity index (χ4v) is 1.59. The van der Waals surface area contributed by atoms with Gasteiger partial charge in [0.05, 0.1) is 12.1 Å². The van der Waals surface area contributed by atoms with Gasteiger partial charge in [0.2, 0.25) is 5.91 Å². The SMILES string of the molecule is C[C@H](N)C(=O)NC(CN(C)C)c1ccccc1.Cl.Cl. The second kappa shape index (κ2) is 10.0. The number of rotatable bonds is 5. The smallest absolute Gasteiger partial charge is 0.237 e. The molecule has 0 saturated heterocycles. The molecule has 2 atom stereocenters. The molecule has 0 aliphatic carbocycles. The first kappa shape index (κ1) is 20.5. The number of halogens is 2. The first-order valence-electron chi connectivity index (χ1n) is 5.76.